The van der Waals surface area contributed by atoms with E-state index in [9.17, 15) is 17.6 Å². The number of pyridine rings is 1. The Kier molecular flexibility index (Phi) is 6.49. The molecule has 0 aliphatic rings. The molecule has 166 valence electrons. The molecule has 9 heteroatoms. The number of benzene rings is 1. The zero-order valence-corrected chi connectivity index (χ0v) is 19.0. The van der Waals surface area contributed by atoms with Crippen LogP contribution in [0.2, 0.25) is 0 Å². The number of quaternary nitrogens is 1. The van der Waals surface area contributed by atoms with E-state index in [0.717, 1.165) is 22.3 Å². The predicted octanol–water partition coefficient (Wildman–Crippen LogP) is 1.88. The number of aryl methyl sites for hydroxylation is 1. The smallest absolute Gasteiger partial charge is 0.251 e. The first kappa shape index (κ1) is 22.9. The summed E-state index contributed by atoms with van der Waals surface area (Å²) in [5.74, 6) is -0.288. The molecule has 0 bridgehead atoms. The molecular formula is C22H28FN4O3S+. The highest BCUT2D eigenvalue weighted by Gasteiger charge is 2.19. The van der Waals surface area contributed by atoms with Crippen molar-refractivity contribution < 1.29 is 18.5 Å². The van der Waals surface area contributed by atoms with Crippen molar-refractivity contribution in [3.63, 3.8) is 0 Å². The van der Waals surface area contributed by atoms with Crippen molar-refractivity contribution in [3.8, 4) is 0 Å². The Labute approximate surface area is 181 Å². The van der Waals surface area contributed by atoms with Gasteiger partial charge in [0.25, 0.3) is 5.56 Å². The van der Waals surface area contributed by atoms with Crippen molar-refractivity contribution in [2.24, 2.45) is 0 Å². The average Bonchev–Trinajstić information content (AvgIpc) is 2.94. The van der Waals surface area contributed by atoms with Gasteiger partial charge in [-0.2, -0.15) is 0 Å². The van der Waals surface area contributed by atoms with Crippen LogP contribution in [0.5, 0.6) is 0 Å². The van der Waals surface area contributed by atoms with Crippen LogP contribution in [-0.4, -0.2) is 42.9 Å². The van der Waals surface area contributed by atoms with Crippen LogP contribution < -0.4 is 11.3 Å². The van der Waals surface area contributed by atoms with Crippen molar-refractivity contribution in [1.29, 1.82) is 0 Å². The molecule has 0 aliphatic carbocycles. The van der Waals surface area contributed by atoms with Gasteiger partial charge < -0.3 is 15.3 Å². The molecule has 7 nitrogen and oxygen atoms in total. The average molecular weight is 448 g/mol. The van der Waals surface area contributed by atoms with Crippen LogP contribution in [0.3, 0.4) is 0 Å². The zero-order valence-electron chi connectivity index (χ0n) is 18.2. The third-order valence-corrected chi connectivity index (χ3v) is 7.23. The Morgan fingerprint density at radius 3 is 2.45 bits per heavy atom. The monoisotopic (exact) mass is 447 g/mol. The SMILES string of the molecule is Cc1cc2c([nH]c1=O)c(Cc1ccc(S(=O)(=O)N(C)C)cc1)c(C)n2C/C(F)=C/C[NH3+]. The predicted molar refractivity (Wildman–Crippen MR) is 119 cm³/mol. The maximum atomic E-state index is 14.3. The molecule has 0 unspecified atom stereocenters. The van der Waals surface area contributed by atoms with Gasteiger partial charge in [0.15, 0.2) is 0 Å². The fraction of sp³-hybridized carbons (Fsp3) is 0.318. The van der Waals surface area contributed by atoms with E-state index >= 15 is 0 Å². The molecule has 2 aromatic heterocycles. The van der Waals surface area contributed by atoms with Crippen molar-refractivity contribution in [3.05, 3.63) is 75.0 Å². The minimum absolute atomic E-state index is 0.0589. The van der Waals surface area contributed by atoms with Gasteiger partial charge in [-0.15, -0.1) is 0 Å². The summed E-state index contributed by atoms with van der Waals surface area (Å²) in [7, 11) is -0.530. The van der Waals surface area contributed by atoms with Crippen LogP contribution in [-0.2, 0) is 23.0 Å². The Balaban J connectivity index is 2.08. The molecule has 0 amide bonds. The van der Waals surface area contributed by atoms with Gasteiger partial charge in [-0.05, 0) is 37.6 Å². The van der Waals surface area contributed by atoms with E-state index in [2.05, 4.69) is 10.7 Å². The maximum absolute atomic E-state index is 14.3. The summed E-state index contributed by atoms with van der Waals surface area (Å²) in [5.41, 5.74) is 8.04. The Hall–Kier alpha value is -2.75. The number of allylic oxidation sites excluding steroid dienone is 1. The second-order valence-electron chi connectivity index (χ2n) is 7.74. The standard InChI is InChI=1S/C22H27FN4O3S/c1-14-11-20-21(25-22(14)28)19(15(2)27(20)13-17(23)9-10-24)12-16-5-7-18(8-6-16)31(29,30)26(3)4/h5-9,11H,10,12-13,24H2,1-4H3,(H,25,28)/p+1/b17-9-. The number of fused-ring (bicyclic) bond motifs is 1. The third kappa shape index (κ3) is 4.48. The molecule has 0 aliphatic heterocycles. The Morgan fingerprint density at radius 1 is 1.23 bits per heavy atom. The lowest BCUT2D eigenvalue weighted by molar-refractivity contribution is -0.353. The largest absolute Gasteiger partial charge is 0.354 e. The molecule has 0 atom stereocenters. The normalized spacial score (nSPS) is 12.8. The van der Waals surface area contributed by atoms with Crippen LogP contribution in [0.25, 0.3) is 11.0 Å². The second kappa shape index (κ2) is 8.78. The lowest BCUT2D eigenvalue weighted by Gasteiger charge is -2.12. The van der Waals surface area contributed by atoms with Crippen molar-refractivity contribution in [1.82, 2.24) is 13.9 Å². The summed E-state index contributed by atoms with van der Waals surface area (Å²) in [6.07, 6.45) is 1.91. The second-order valence-corrected chi connectivity index (χ2v) is 9.89. The first-order chi connectivity index (χ1) is 14.6. The maximum Gasteiger partial charge on any atom is 0.251 e. The van der Waals surface area contributed by atoms with Crippen molar-refractivity contribution in [2.45, 2.75) is 31.7 Å². The number of sulfonamides is 1. The fourth-order valence-corrected chi connectivity index (χ4v) is 4.47. The number of halogens is 1. The quantitative estimate of drug-likeness (QED) is 0.578. The fourth-order valence-electron chi connectivity index (χ4n) is 3.57. The molecule has 0 fully saturated rings. The topological polar surface area (TPSA) is 103 Å². The van der Waals surface area contributed by atoms with Crippen molar-refractivity contribution in [2.75, 3.05) is 20.6 Å². The first-order valence-electron chi connectivity index (χ1n) is 9.93. The molecule has 31 heavy (non-hydrogen) atoms. The molecule has 0 radical (unpaired) electrons. The summed E-state index contributed by atoms with van der Waals surface area (Å²) in [6, 6.07) is 8.43. The molecule has 1 aromatic carbocycles. The Morgan fingerprint density at radius 2 is 1.87 bits per heavy atom. The van der Waals surface area contributed by atoms with Crippen LogP contribution in [0.15, 0.2) is 51.9 Å². The summed E-state index contributed by atoms with van der Waals surface area (Å²) >= 11 is 0. The van der Waals surface area contributed by atoms with Crippen LogP contribution in [0.1, 0.15) is 22.4 Å². The number of nitrogens with zero attached hydrogens (tertiary/aromatic N) is 2. The van der Waals surface area contributed by atoms with E-state index in [1.165, 1.54) is 24.5 Å². The summed E-state index contributed by atoms with van der Waals surface area (Å²) in [4.78, 5) is 15.4. The third-order valence-electron chi connectivity index (χ3n) is 5.40. The number of aromatic nitrogens is 2. The molecule has 3 rings (SSSR count). The Bertz CT molecular complexity index is 1300. The van der Waals surface area contributed by atoms with Gasteiger partial charge in [0.1, 0.15) is 5.83 Å². The summed E-state index contributed by atoms with van der Waals surface area (Å²) < 4.78 is 41.9. The minimum atomic E-state index is -3.51. The van der Waals surface area contributed by atoms with E-state index in [1.54, 1.807) is 37.3 Å². The zero-order chi connectivity index (χ0) is 22.9. The highest BCUT2D eigenvalue weighted by Crippen LogP contribution is 2.28. The number of hydrogen-bond acceptors (Lipinski definition) is 3. The minimum Gasteiger partial charge on any atom is -0.354 e. The number of rotatable bonds is 7. The highest BCUT2D eigenvalue weighted by atomic mass is 32.2. The van der Waals surface area contributed by atoms with E-state index < -0.39 is 10.0 Å². The van der Waals surface area contributed by atoms with Gasteiger partial charge in [0.05, 0.1) is 29.0 Å². The summed E-state index contributed by atoms with van der Waals surface area (Å²) in [6.45, 7) is 4.03. The van der Waals surface area contributed by atoms with Gasteiger partial charge in [0.2, 0.25) is 10.0 Å². The molecule has 0 saturated heterocycles. The van der Waals surface area contributed by atoms with Crippen LogP contribution >= 0.6 is 0 Å². The van der Waals surface area contributed by atoms with Gasteiger partial charge in [-0.1, -0.05) is 12.1 Å². The van der Waals surface area contributed by atoms with E-state index in [-0.39, 0.29) is 22.8 Å². The van der Waals surface area contributed by atoms with Gasteiger partial charge in [0, 0.05) is 43.4 Å². The first-order valence-corrected chi connectivity index (χ1v) is 11.4. The number of aromatic amines is 1. The van der Waals surface area contributed by atoms with Gasteiger partial charge in [-0.3, -0.25) is 4.79 Å². The number of hydrogen-bond donors (Lipinski definition) is 2. The molecule has 4 N–H and O–H groups in total. The molecule has 0 spiro atoms. The number of H-pyrrole nitrogens is 1. The van der Waals surface area contributed by atoms with E-state index in [4.69, 9.17) is 0 Å². The summed E-state index contributed by atoms with van der Waals surface area (Å²) in [5, 5.41) is 0. The molecular weight excluding hydrogens is 419 g/mol. The molecule has 2 heterocycles. The highest BCUT2D eigenvalue weighted by molar-refractivity contribution is 7.89. The van der Waals surface area contributed by atoms with Crippen LogP contribution in [0, 0.1) is 13.8 Å². The molecule has 3 aromatic rings. The molecule has 0 saturated carbocycles. The lowest BCUT2D eigenvalue weighted by Crippen LogP contribution is -2.49. The van der Waals surface area contributed by atoms with Crippen LogP contribution in [0.4, 0.5) is 4.39 Å². The van der Waals surface area contributed by atoms with Crippen molar-refractivity contribution >= 4 is 21.1 Å². The number of nitrogens with one attached hydrogen (secondary N) is 1. The van der Waals surface area contributed by atoms with E-state index in [1.807, 2.05) is 11.5 Å². The van der Waals surface area contributed by atoms with E-state index in [0.29, 0.717) is 24.0 Å². The van der Waals surface area contributed by atoms with Gasteiger partial charge in [-0.25, -0.2) is 17.1 Å². The van der Waals surface area contributed by atoms with Gasteiger partial charge >= 0.3 is 0 Å². The lowest BCUT2D eigenvalue weighted by atomic mass is 10.0.